The Bertz CT molecular complexity index is 1120. The number of fused-ring (bicyclic) bond motifs is 1. The number of aliphatic hydroxyl groups is 1. The molecule has 3 aromatic rings. The highest BCUT2D eigenvalue weighted by Gasteiger charge is 2.44. The SMILES string of the molecule is CC(C)Nc1cc(-c2cnn3cc(Cl)cnc23)ncc1C(=O)NC[C@@H](F)C1(O)COC1. The molecular weight excluding hydrogens is 427 g/mol. The summed E-state index contributed by atoms with van der Waals surface area (Å²) in [4.78, 5) is 21.4. The topological polar surface area (TPSA) is 114 Å². The molecular formula is C20H22ClFN6O3. The van der Waals surface area contributed by atoms with E-state index in [1.165, 1.54) is 12.4 Å². The van der Waals surface area contributed by atoms with E-state index in [2.05, 4.69) is 25.7 Å². The average Bonchev–Trinajstić information content (AvgIpc) is 3.12. The first-order valence-corrected chi connectivity index (χ1v) is 10.1. The smallest absolute Gasteiger partial charge is 0.255 e. The summed E-state index contributed by atoms with van der Waals surface area (Å²) in [6.07, 6.45) is 4.57. The summed E-state index contributed by atoms with van der Waals surface area (Å²) in [6, 6.07) is 1.76. The second-order valence-electron chi connectivity index (χ2n) is 7.79. The molecule has 3 aromatic heterocycles. The zero-order chi connectivity index (χ0) is 22.2. The quantitative estimate of drug-likeness (QED) is 0.507. The number of nitrogens with zero attached hydrogens (tertiary/aromatic N) is 4. The number of hydrogen-bond donors (Lipinski definition) is 3. The van der Waals surface area contributed by atoms with Gasteiger partial charge in [0.15, 0.2) is 11.8 Å². The lowest BCUT2D eigenvalue weighted by molar-refractivity contribution is -0.208. The zero-order valence-corrected chi connectivity index (χ0v) is 17.7. The molecule has 0 radical (unpaired) electrons. The van der Waals surface area contributed by atoms with Gasteiger partial charge in [0.1, 0.15) is 5.60 Å². The summed E-state index contributed by atoms with van der Waals surface area (Å²) in [5.41, 5.74) is 1.05. The summed E-state index contributed by atoms with van der Waals surface area (Å²) < 4.78 is 20.6. The Labute approximate surface area is 182 Å². The number of carbonyl (C=O) groups is 1. The Morgan fingerprint density at radius 2 is 2.13 bits per heavy atom. The monoisotopic (exact) mass is 448 g/mol. The lowest BCUT2D eigenvalue weighted by atomic mass is 9.96. The first-order valence-electron chi connectivity index (χ1n) is 9.75. The molecule has 0 spiro atoms. The molecule has 0 saturated carbocycles. The van der Waals surface area contributed by atoms with E-state index in [1.807, 2.05) is 13.8 Å². The predicted molar refractivity (Wildman–Crippen MR) is 113 cm³/mol. The fraction of sp³-hybridized carbons (Fsp3) is 0.400. The molecule has 1 aliphatic heterocycles. The van der Waals surface area contributed by atoms with Crippen LogP contribution in [0.25, 0.3) is 16.9 Å². The first kappa shape index (κ1) is 21.4. The van der Waals surface area contributed by atoms with Crippen LogP contribution in [0.2, 0.25) is 5.02 Å². The molecule has 3 N–H and O–H groups in total. The Hall–Kier alpha value is -2.82. The molecule has 4 heterocycles. The maximum atomic E-state index is 14.2. The van der Waals surface area contributed by atoms with Crippen LogP contribution in [0.15, 0.2) is 30.9 Å². The van der Waals surface area contributed by atoms with Crippen molar-refractivity contribution in [2.24, 2.45) is 0 Å². The van der Waals surface area contributed by atoms with E-state index >= 15 is 0 Å². The van der Waals surface area contributed by atoms with E-state index < -0.39 is 17.7 Å². The van der Waals surface area contributed by atoms with Crippen molar-refractivity contribution >= 4 is 28.8 Å². The molecule has 4 rings (SSSR count). The molecule has 1 aliphatic rings. The van der Waals surface area contributed by atoms with Gasteiger partial charge >= 0.3 is 0 Å². The Balaban J connectivity index is 1.60. The molecule has 0 unspecified atom stereocenters. The van der Waals surface area contributed by atoms with Crippen LogP contribution in [-0.2, 0) is 4.74 Å². The lowest BCUT2D eigenvalue weighted by Gasteiger charge is -2.38. The maximum Gasteiger partial charge on any atom is 0.255 e. The van der Waals surface area contributed by atoms with Crippen LogP contribution in [0.5, 0.6) is 0 Å². The average molecular weight is 449 g/mol. The van der Waals surface area contributed by atoms with Crippen molar-refractivity contribution < 1.29 is 19.0 Å². The second-order valence-corrected chi connectivity index (χ2v) is 8.22. The molecule has 1 atom stereocenters. The van der Waals surface area contributed by atoms with Crippen LogP contribution < -0.4 is 10.6 Å². The minimum absolute atomic E-state index is 0.0318. The van der Waals surface area contributed by atoms with E-state index in [9.17, 15) is 14.3 Å². The number of anilines is 1. The number of ether oxygens (including phenoxy) is 1. The summed E-state index contributed by atoms with van der Waals surface area (Å²) >= 11 is 5.96. The Morgan fingerprint density at radius 3 is 2.81 bits per heavy atom. The van der Waals surface area contributed by atoms with Gasteiger partial charge in [-0.3, -0.25) is 9.78 Å². The number of halogens is 2. The molecule has 9 nitrogen and oxygen atoms in total. The molecule has 1 saturated heterocycles. The Morgan fingerprint density at radius 1 is 1.35 bits per heavy atom. The summed E-state index contributed by atoms with van der Waals surface area (Å²) in [6.45, 7) is 3.37. The van der Waals surface area contributed by atoms with E-state index in [0.29, 0.717) is 27.6 Å². The zero-order valence-electron chi connectivity index (χ0n) is 17.0. The first-order chi connectivity index (χ1) is 14.8. The van der Waals surface area contributed by atoms with Gasteiger partial charge in [-0.1, -0.05) is 11.6 Å². The van der Waals surface area contributed by atoms with Crippen molar-refractivity contribution in [2.75, 3.05) is 25.1 Å². The number of hydrogen-bond acceptors (Lipinski definition) is 7. The molecule has 31 heavy (non-hydrogen) atoms. The van der Waals surface area contributed by atoms with Crippen LogP contribution >= 0.6 is 11.6 Å². The highest BCUT2D eigenvalue weighted by Crippen LogP contribution is 2.27. The molecule has 11 heteroatoms. The summed E-state index contributed by atoms with van der Waals surface area (Å²) in [5, 5.41) is 20.4. The minimum Gasteiger partial charge on any atom is -0.382 e. The van der Waals surface area contributed by atoms with Crippen molar-refractivity contribution in [2.45, 2.75) is 31.7 Å². The number of pyridine rings is 1. The third kappa shape index (κ3) is 4.32. The number of rotatable bonds is 7. The normalized spacial score (nSPS) is 16.2. The molecule has 1 amide bonds. The van der Waals surface area contributed by atoms with Crippen LogP contribution in [0, 0.1) is 0 Å². The number of alkyl halides is 1. The summed E-state index contributed by atoms with van der Waals surface area (Å²) in [5.74, 6) is -0.501. The van der Waals surface area contributed by atoms with Crippen molar-refractivity contribution in [1.29, 1.82) is 0 Å². The van der Waals surface area contributed by atoms with Gasteiger partial charge in [-0.15, -0.1) is 0 Å². The number of amides is 1. The highest BCUT2D eigenvalue weighted by molar-refractivity contribution is 6.30. The second kappa shape index (κ2) is 8.37. The number of nitrogens with one attached hydrogen (secondary N) is 2. The number of carbonyl (C=O) groups excluding carboxylic acids is 1. The predicted octanol–water partition coefficient (Wildman–Crippen LogP) is 2.09. The minimum atomic E-state index is -1.63. The molecule has 0 aliphatic carbocycles. The van der Waals surface area contributed by atoms with E-state index in [-0.39, 0.29) is 31.4 Å². The van der Waals surface area contributed by atoms with Gasteiger partial charge in [-0.2, -0.15) is 5.10 Å². The van der Waals surface area contributed by atoms with Crippen molar-refractivity contribution in [3.05, 3.63) is 41.4 Å². The largest absolute Gasteiger partial charge is 0.382 e. The molecule has 1 fully saturated rings. The van der Waals surface area contributed by atoms with Crippen LogP contribution in [0.4, 0.5) is 10.1 Å². The van der Waals surface area contributed by atoms with E-state index in [4.69, 9.17) is 16.3 Å². The van der Waals surface area contributed by atoms with Gasteiger partial charge in [0, 0.05) is 18.4 Å². The highest BCUT2D eigenvalue weighted by atomic mass is 35.5. The molecule has 0 aromatic carbocycles. The van der Waals surface area contributed by atoms with Crippen molar-refractivity contribution in [3.63, 3.8) is 0 Å². The lowest BCUT2D eigenvalue weighted by Crippen LogP contribution is -2.59. The third-order valence-electron chi connectivity index (χ3n) is 4.92. The summed E-state index contributed by atoms with van der Waals surface area (Å²) in [7, 11) is 0. The number of aromatic nitrogens is 4. The van der Waals surface area contributed by atoms with E-state index in [0.717, 1.165) is 0 Å². The van der Waals surface area contributed by atoms with Crippen LogP contribution in [0.3, 0.4) is 0 Å². The van der Waals surface area contributed by atoms with Gasteiger partial charge in [-0.05, 0) is 19.9 Å². The van der Waals surface area contributed by atoms with Gasteiger partial charge in [-0.25, -0.2) is 13.9 Å². The van der Waals surface area contributed by atoms with Gasteiger partial charge in [0.05, 0.1) is 59.7 Å². The Kier molecular flexibility index (Phi) is 5.78. The van der Waals surface area contributed by atoms with Crippen molar-refractivity contribution in [1.82, 2.24) is 24.9 Å². The standard InChI is InChI=1S/C20H22ClFN6O3/c1-11(2)27-16-3-15(13-6-26-28-8-12(21)4-24-18(13)28)23-5-14(16)19(29)25-7-17(22)20(30)9-31-10-20/h3-6,8,11,17,30H,7,9-10H2,1-2H3,(H,23,27)(H,25,29)/t17-/m1/s1. The third-order valence-corrected chi connectivity index (χ3v) is 5.12. The van der Waals surface area contributed by atoms with Crippen LogP contribution in [0.1, 0.15) is 24.2 Å². The molecule has 164 valence electrons. The van der Waals surface area contributed by atoms with Gasteiger partial charge < -0.3 is 20.5 Å². The fourth-order valence-electron chi connectivity index (χ4n) is 3.21. The van der Waals surface area contributed by atoms with Gasteiger partial charge in [0.2, 0.25) is 0 Å². The maximum absolute atomic E-state index is 14.2. The van der Waals surface area contributed by atoms with Crippen LogP contribution in [-0.4, -0.2) is 68.2 Å². The molecule has 0 bridgehead atoms. The van der Waals surface area contributed by atoms with E-state index in [1.54, 1.807) is 23.0 Å². The van der Waals surface area contributed by atoms with Gasteiger partial charge in [0.25, 0.3) is 5.91 Å². The van der Waals surface area contributed by atoms with Crippen molar-refractivity contribution in [3.8, 4) is 11.3 Å². The fourth-order valence-corrected chi connectivity index (χ4v) is 3.35.